The third-order valence-electron chi connectivity index (χ3n) is 4.22. The molecule has 1 aromatic carbocycles. The molecule has 1 atom stereocenters. The molecule has 1 aliphatic heterocycles. The number of halogens is 4. The lowest BCUT2D eigenvalue weighted by Crippen LogP contribution is -2.44. The van der Waals surface area contributed by atoms with Crippen molar-refractivity contribution in [3.8, 4) is 0 Å². The minimum absolute atomic E-state index is 0.0535. The van der Waals surface area contributed by atoms with Gasteiger partial charge in [0.25, 0.3) is 0 Å². The fourth-order valence-electron chi connectivity index (χ4n) is 2.79. The number of alkyl halides is 3. The first-order valence-electron chi connectivity index (χ1n) is 7.21. The van der Waals surface area contributed by atoms with Gasteiger partial charge >= 0.3 is 6.18 Å². The molecular weight excluding hydrogens is 300 g/mol. The number of rotatable bonds is 3. The number of nitrogens with zero attached hydrogens (tertiary/aromatic N) is 1. The van der Waals surface area contributed by atoms with Gasteiger partial charge in [0.2, 0.25) is 0 Å². The van der Waals surface area contributed by atoms with E-state index >= 15 is 0 Å². The number of nitrogen functional groups attached to an aromatic ring is 1. The number of anilines is 1. The van der Waals surface area contributed by atoms with Gasteiger partial charge in [-0.25, -0.2) is 4.39 Å². The molecule has 124 valence electrons. The Morgan fingerprint density at radius 1 is 1.32 bits per heavy atom. The van der Waals surface area contributed by atoms with Crippen molar-refractivity contribution in [3.05, 3.63) is 29.1 Å². The van der Waals surface area contributed by atoms with Crippen molar-refractivity contribution in [2.24, 2.45) is 0 Å². The van der Waals surface area contributed by atoms with Crippen molar-refractivity contribution in [2.45, 2.75) is 38.0 Å². The van der Waals surface area contributed by atoms with Gasteiger partial charge in [0.15, 0.2) is 6.10 Å². The van der Waals surface area contributed by atoms with E-state index in [-0.39, 0.29) is 11.7 Å². The maximum Gasteiger partial charge on any atom is 0.415 e. The van der Waals surface area contributed by atoms with E-state index in [1.807, 2.05) is 0 Å². The van der Waals surface area contributed by atoms with E-state index in [4.69, 9.17) is 10.8 Å². The van der Waals surface area contributed by atoms with Crippen LogP contribution in [-0.4, -0.2) is 41.9 Å². The van der Waals surface area contributed by atoms with Crippen LogP contribution in [0.25, 0.3) is 0 Å². The van der Waals surface area contributed by atoms with E-state index in [2.05, 4.69) is 0 Å². The standard InChI is InChI=1S/C15H20F4N2O/c1-9-6-12(16)11(7-13(9)20)10-2-4-21(5-3-10)8-14(22)15(17,18)19/h6-7,10,14,22H,2-5,8,20H2,1H3. The summed E-state index contributed by atoms with van der Waals surface area (Å²) in [5.41, 5.74) is 7.52. The maximum absolute atomic E-state index is 14.0. The lowest BCUT2D eigenvalue weighted by molar-refractivity contribution is -0.208. The van der Waals surface area contributed by atoms with E-state index in [0.29, 0.717) is 42.7 Å². The third kappa shape index (κ3) is 3.89. The van der Waals surface area contributed by atoms with Crippen LogP contribution in [0.3, 0.4) is 0 Å². The van der Waals surface area contributed by atoms with Crippen LogP contribution in [0.4, 0.5) is 23.2 Å². The normalized spacial score (nSPS) is 19.4. The zero-order valence-electron chi connectivity index (χ0n) is 12.3. The predicted octanol–water partition coefficient (Wildman–Crippen LogP) is 2.82. The van der Waals surface area contributed by atoms with Gasteiger partial charge in [-0.2, -0.15) is 13.2 Å². The summed E-state index contributed by atoms with van der Waals surface area (Å²) in [6, 6.07) is 3.01. The smallest absolute Gasteiger partial charge is 0.399 e. The van der Waals surface area contributed by atoms with E-state index < -0.39 is 18.8 Å². The summed E-state index contributed by atoms with van der Waals surface area (Å²) >= 11 is 0. The van der Waals surface area contributed by atoms with Crippen LogP contribution >= 0.6 is 0 Å². The highest BCUT2D eigenvalue weighted by molar-refractivity contribution is 5.49. The van der Waals surface area contributed by atoms with Crippen LogP contribution in [0.15, 0.2) is 12.1 Å². The topological polar surface area (TPSA) is 49.5 Å². The highest BCUT2D eigenvalue weighted by atomic mass is 19.4. The Bertz CT molecular complexity index is 525. The molecule has 0 aliphatic carbocycles. The summed E-state index contributed by atoms with van der Waals surface area (Å²) in [7, 11) is 0. The van der Waals surface area contributed by atoms with Crippen molar-refractivity contribution in [1.82, 2.24) is 4.90 Å². The monoisotopic (exact) mass is 320 g/mol. The molecule has 1 aliphatic rings. The number of β-amino-alcohol motifs (C(OH)–C–C–N with tert-alkyl or cyclic N) is 1. The molecule has 1 aromatic rings. The molecule has 1 fully saturated rings. The minimum Gasteiger partial charge on any atom is -0.399 e. The Labute approximate surface area is 126 Å². The Kier molecular flexibility index (Phi) is 4.97. The largest absolute Gasteiger partial charge is 0.415 e. The number of aliphatic hydroxyl groups excluding tert-OH is 1. The van der Waals surface area contributed by atoms with Crippen molar-refractivity contribution < 1.29 is 22.7 Å². The van der Waals surface area contributed by atoms with Crippen LogP contribution in [0.1, 0.15) is 29.9 Å². The molecule has 3 nitrogen and oxygen atoms in total. The fraction of sp³-hybridized carbons (Fsp3) is 0.600. The van der Waals surface area contributed by atoms with Gasteiger partial charge in [0.05, 0.1) is 0 Å². The first-order valence-corrected chi connectivity index (χ1v) is 7.21. The molecule has 0 amide bonds. The predicted molar refractivity (Wildman–Crippen MR) is 76.0 cm³/mol. The number of aryl methyl sites for hydroxylation is 1. The first kappa shape index (κ1) is 17.0. The van der Waals surface area contributed by atoms with Crippen LogP contribution in [0, 0.1) is 12.7 Å². The van der Waals surface area contributed by atoms with Crippen LogP contribution in [0.5, 0.6) is 0 Å². The summed E-state index contributed by atoms with van der Waals surface area (Å²) in [6.07, 6.45) is -5.85. The van der Waals surface area contributed by atoms with Gasteiger partial charge in [0.1, 0.15) is 5.82 Å². The highest BCUT2D eigenvalue weighted by Crippen LogP contribution is 2.32. The average Bonchev–Trinajstić information content (AvgIpc) is 2.43. The van der Waals surface area contributed by atoms with Gasteiger partial charge in [0, 0.05) is 12.2 Å². The number of aliphatic hydroxyl groups is 1. The van der Waals surface area contributed by atoms with Gasteiger partial charge < -0.3 is 15.7 Å². The number of hydrogen-bond donors (Lipinski definition) is 2. The Morgan fingerprint density at radius 2 is 1.91 bits per heavy atom. The summed E-state index contributed by atoms with van der Waals surface area (Å²) in [4.78, 5) is 1.56. The number of likely N-dealkylation sites (tertiary alicyclic amines) is 1. The van der Waals surface area contributed by atoms with E-state index in [1.165, 1.54) is 6.07 Å². The second-order valence-electron chi connectivity index (χ2n) is 5.86. The Morgan fingerprint density at radius 3 is 2.45 bits per heavy atom. The second kappa shape index (κ2) is 6.42. The molecule has 1 unspecified atom stereocenters. The molecule has 0 aromatic heterocycles. The molecule has 7 heteroatoms. The summed E-state index contributed by atoms with van der Waals surface area (Å²) < 4.78 is 51.0. The summed E-state index contributed by atoms with van der Waals surface area (Å²) in [6.45, 7) is 2.08. The number of nitrogens with two attached hydrogens (primary N) is 1. The molecule has 0 spiro atoms. The van der Waals surface area contributed by atoms with Gasteiger partial charge in [-0.05, 0) is 62.0 Å². The van der Waals surface area contributed by atoms with Crippen molar-refractivity contribution in [3.63, 3.8) is 0 Å². The SMILES string of the molecule is Cc1cc(F)c(C2CCN(CC(O)C(F)(F)F)CC2)cc1N. The average molecular weight is 320 g/mol. The molecule has 22 heavy (non-hydrogen) atoms. The quantitative estimate of drug-likeness (QED) is 0.665. The van der Waals surface area contributed by atoms with Crippen LogP contribution in [0.2, 0.25) is 0 Å². The van der Waals surface area contributed by atoms with E-state index in [9.17, 15) is 17.6 Å². The Hall–Kier alpha value is -1.34. The Balaban J connectivity index is 1.97. The zero-order chi connectivity index (χ0) is 16.5. The summed E-state index contributed by atoms with van der Waals surface area (Å²) in [5.74, 6) is -0.373. The third-order valence-corrected chi connectivity index (χ3v) is 4.22. The zero-order valence-corrected chi connectivity index (χ0v) is 12.3. The van der Waals surface area contributed by atoms with Gasteiger partial charge in [-0.1, -0.05) is 0 Å². The van der Waals surface area contributed by atoms with Crippen molar-refractivity contribution >= 4 is 5.69 Å². The maximum atomic E-state index is 14.0. The van der Waals surface area contributed by atoms with Gasteiger partial charge in [-0.3, -0.25) is 0 Å². The van der Waals surface area contributed by atoms with E-state index in [0.717, 1.165) is 0 Å². The molecule has 0 radical (unpaired) electrons. The highest BCUT2D eigenvalue weighted by Gasteiger charge is 2.39. The lowest BCUT2D eigenvalue weighted by Gasteiger charge is -2.33. The van der Waals surface area contributed by atoms with Crippen LogP contribution in [-0.2, 0) is 0 Å². The minimum atomic E-state index is -4.60. The van der Waals surface area contributed by atoms with Crippen LogP contribution < -0.4 is 5.73 Å². The van der Waals surface area contributed by atoms with E-state index in [1.54, 1.807) is 17.9 Å². The molecular formula is C15H20F4N2O. The number of benzene rings is 1. The molecule has 1 saturated heterocycles. The second-order valence-corrected chi connectivity index (χ2v) is 5.86. The number of hydrogen-bond acceptors (Lipinski definition) is 3. The number of piperidine rings is 1. The molecule has 1 heterocycles. The lowest BCUT2D eigenvalue weighted by atomic mass is 9.88. The van der Waals surface area contributed by atoms with Crippen molar-refractivity contribution in [2.75, 3.05) is 25.4 Å². The molecule has 0 saturated carbocycles. The fourth-order valence-corrected chi connectivity index (χ4v) is 2.79. The molecule has 0 bridgehead atoms. The van der Waals surface area contributed by atoms with Crippen molar-refractivity contribution in [1.29, 1.82) is 0 Å². The summed E-state index contributed by atoms with van der Waals surface area (Å²) in [5, 5.41) is 9.09. The first-order chi connectivity index (χ1) is 10.2. The van der Waals surface area contributed by atoms with Gasteiger partial charge in [-0.15, -0.1) is 0 Å². The molecule has 3 N–H and O–H groups in total. The molecule has 2 rings (SSSR count).